The number of sulfone groups is 1. The Kier molecular flexibility index (Phi) is 4.73. The van der Waals surface area contributed by atoms with Gasteiger partial charge in [-0.15, -0.1) is 0 Å². The summed E-state index contributed by atoms with van der Waals surface area (Å²) in [7, 11) is -3.58. The molecule has 8 heteroatoms. The van der Waals surface area contributed by atoms with Crippen LogP contribution in [0, 0.1) is 5.82 Å². The highest BCUT2D eigenvalue weighted by Gasteiger charge is 2.21. The first-order chi connectivity index (χ1) is 11.9. The molecular formula is C17H15FO6S. The Morgan fingerprint density at radius 3 is 2.80 bits per heavy atom. The molecule has 0 spiro atoms. The van der Waals surface area contributed by atoms with Gasteiger partial charge >= 0.3 is 5.97 Å². The van der Waals surface area contributed by atoms with E-state index in [-0.39, 0.29) is 30.5 Å². The van der Waals surface area contributed by atoms with Crippen LogP contribution in [0.5, 0.6) is 5.75 Å². The molecule has 6 nitrogen and oxygen atoms in total. The largest absolute Gasteiger partial charge is 0.467 e. The minimum absolute atomic E-state index is 0.0243. The first-order valence-electron chi connectivity index (χ1n) is 7.34. The van der Waals surface area contributed by atoms with Crippen LogP contribution in [0.15, 0.2) is 41.3 Å². The van der Waals surface area contributed by atoms with E-state index in [1.165, 1.54) is 36.4 Å². The van der Waals surface area contributed by atoms with Crippen LogP contribution in [-0.2, 0) is 32.5 Å². The van der Waals surface area contributed by atoms with Crippen molar-refractivity contribution in [1.82, 2.24) is 0 Å². The molecule has 0 fully saturated rings. The summed E-state index contributed by atoms with van der Waals surface area (Å²) in [6.07, 6.45) is 1.01. The highest BCUT2D eigenvalue weighted by molar-refractivity contribution is 7.90. The third kappa shape index (κ3) is 3.80. The number of carbonyl (C=O) groups excluding carboxylic acids is 1. The Morgan fingerprint density at radius 2 is 2.04 bits per heavy atom. The second kappa shape index (κ2) is 6.81. The Balaban J connectivity index is 1.84. The van der Waals surface area contributed by atoms with Gasteiger partial charge < -0.3 is 14.2 Å². The summed E-state index contributed by atoms with van der Waals surface area (Å²) in [5.74, 6) is -0.904. The van der Waals surface area contributed by atoms with Gasteiger partial charge in [0.05, 0.1) is 17.1 Å². The standard InChI is InChI=1S/C17H15FO6S/c1-25(20,21)15-5-3-2-4-14(15)17(19)23-9-12-7-13(18)6-11-8-22-10-24-16(11)12/h2-7H,8-10H2,1H3. The van der Waals surface area contributed by atoms with E-state index in [0.29, 0.717) is 16.9 Å². The van der Waals surface area contributed by atoms with E-state index < -0.39 is 21.6 Å². The fourth-order valence-corrected chi connectivity index (χ4v) is 3.42. The van der Waals surface area contributed by atoms with Crippen LogP contribution < -0.4 is 4.74 Å². The molecule has 0 saturated heterocycles. The van der Waals surface area contributed by atoms with Crippen molar-refractivity contribution in [2.45, 2.75) is 18.1 Å². The fourth-order valence-electron chi connectivity index (χ4n) is 2.54. The van der Waals surface area contributed by atoms with Gasteiger partial charge in [0.1, 0.15) is 18.2 Å². The third-order valence-corrected chi connectivity index (χ3v) is 4.77. The minimum atomic E-state index is -3.58. The molecule has 2 aromatic carbocycles. The van der Waals surface area contributed by atoms with Gasteiger partial charge in [0.15, 0.2) is 16.6 Å². The lowest BCUT2D eigenvalue weighted by Gasteiger charge is -2.20. The molecule has 25 heavy (non-hydrogen) atoms. The number of ether oxygens (including phenoxy) is 3. The van der Waals surface area contributed by atoms with Crippen LogP contribution in [0.4, 0.5) is 4.39 Å². The van der Waals surface area contributed by atoms with Gasteiger partial charge in [0.2, 0.25) is 0 Å². The molecule has 0 saturated carbocycles. The molecular weight excluding hydrogens is 351 g/mol. The molecule has 0 unspecified atom stereocenters. The van der Waals surface area contributed by atoms with Crippen molar-refractivity contribution in [2.24, 2.45) is 0 Å². The van der Waals surface area contributed by atoms with Gasteiger partial charge in [0.25, 0.3) is 0 Å². The summed E-state index contributed by atoms with van der Waals surface area (Å²) in [5, 5.41) is 0. The van der Waals surface area contributed by atoms with Crippen molar-refractivity contribution in [2.75, 3.05) is 13.0 Å². The molecule has 1 aliphatic rings. The predicted molar refractivity (Wildman–Crippen MR) is 85.4 cm³/mol. The van der Waals surface area contributed by atoms with E-state index >= 15 is 0 Å². The van der Waals surface area contributed by atoms with E-state index in [0.717, 1.165) is 6.26 Å². The van der Waals surface area contributed by atoms with Crippen molar-refractivity contribution in [3.05, 3.63) is 58.9 Å². The van der Waals surface area contributed by atoms with Gasteiger partial charge in [-0.2, -0.15) is 0 Å². The third-order valence-electron chi connectivity index (χ3n) is 3.62. The fraction of sp³-hybridized carbons (Fsp3) is 0.235. The number of carbonyl (C=O) groups is 1. The molecule has 0 radical (unpaired) electrons. The summed E-state index contributed by atoms with van der Waals surface area (Å²) in [4.78, 5) is 12.2. The molecule has 0 aliphatic carbocycles. The van der Waals surface area contributed by atoms with Crippen LogP contribution in [0.2, 0.25) is 0 Å². The Morgan fingerprint density at radius 1 is 1.28 bits per heavy atom. The first-order valence-corrected chi connectivity index (χ1v) is 9.23. The number of esters is 1. The molecule has 1 heterocycles. The van der Waals surface area contributed by atoms with Crippen LogP contribution in [-0.4, -0.2) is 27.4 Å². The van der Waals surface area contributed by atoms with Crippen molar-refractivity contribution in [3.8, 4) is 5.75 Å². The Labute approximate surface area is 144 Å². The lowest BCUT2D eigenvalue weighted by Crippen LogP contribution is -2.15. The zero-order valence-electron chi connectivity index (χ0n) is 13.3. The first kappa shape index (κ1) is 17.4. The zero-order chi connectivity index (χ0) is 18.0. The van der Waals surface area contributed by atoms with Gasteiger partial charge in [0, 0.05) is 17.4 Å². The molecule has 0 atom stereocenters. The van der Waals surface area contributed by atoms with Gasteiger partial charge in [-0.3, -0.25) is 0 Å². The highest BCUT2D eigenvalue weighted by atomic mass is 32.2. The zero-order valence-corrected chi connectivity index (χ0v) is 14.1. The molecule has 0 amide bonds. The summed E-state index contributed by atoms with van der Waals surface area (Å²) < 4.78 is 52.9. The second-order valence-corrected chi connectivity index (χ2v) is 7.49. The molecule has 2 aromatic rings. The quantitative estimate of drug-likeness (QED) is 0.774. The number of rotatable bonds is 4. The molecule has 3 rings (SSSR count). The van der Waals surface area contributed by atoms with Crippen molar-refractivity contribution in [3.63, 3.8) is 0 Å². The molecule has 0 N–H and O–H groups in total. The van der Waals surface area contributed by atoms with Gasteiger partial charge in [-0.05, 0) is 24.3 Å². The topological polar surface area (TPSA) is 78.9 Å². The molecule has 0 aromatic heterocycles. The normalized spacial score (nSPS) is 13.7. The maximum absolute atomic E-state index is 13.7. The number of hydrogen-bond donors (Lipinski definition) is 0. The average molecular weight is 366 g/mol. The van der Waals surface area contributed by atoms with Crippen molar-refractivity contribution < 1.29 is 31.8 Å². The van der Waals surface area contributed by atoms with Crippen LogP contribution in [0.3, 0.4) is 0 Å². The van der Waals surface area contributed by atoms with E-state index in [2.05, 4.69) is 0 Å². The smallest absolute Gasteiger partial charge is 0.339 e. The highest BCUT2D eigenvalue weighted by Crippen LogP contribution is 2.30. The number of hydrogen-bond acceptors (Lipinski definition) is 6. The Bertz CT molecular complexity index is 923. The van der Waals surface area contributed by atoms with E-state index in [1.807, 2.05) is 0 Å². The molecule has 132 valence electrons. The van der Waals surface area contributed by atoms with Crippen molar-refractivity contribution >= 4 is 15.8 Å². The minimum Gasteiger partial charge on any atom is -0.467 e. The van der Waals surface area contributed by atoms with E-state index in [1.54, 1.807) is 0 Å². The monoisotopic (exact) mass is 366 g/mol. The number of halogens is 1. The Hall–Kier alpha value is -2.45. The van der Waals surface area contributed by atoms with Gasteiger partial charge in [-0.25, -0.2) is 17.6 Å². The summed E-state index contributed by atoms with van der Waals surface area (Å²) in [5.41, 5.74) is 0.803. The van der Waals surface area contributed by atoms with Crippen LogP contribution in [0.25, 0.3) is 0 Å². The van der Waals surface area contributed by atoms with E-state index in [4.69, 9.17) is 14.2 Å². The van der Waals surface area contributed by atoms with E-state index in [9.17, 15) is 17.6 Å². The summed E-state index contributed by atoms with van der Waals surface area (Å²) >= 11 is 0. The molecule has 1 aliphatic heterocycles. The van der Waals surface area contributed by atoms with Crippen LogP contribution in [0.1, 0.15) is 21.5 Å². The predicted octanol–water partition coefficient (Wildman–Crippen LogP) is 2.45. The number of fused-ring (bicyclic) bond motifs is 1. The summed E-state index contributed by atoms with van der Waals surface area (Å²) in [6, 6.07) is 8.25. The average Bonchev–Trinajstić information content (AvgIpc) is 2.58. The second-order valence-electron chi connectivity index (χ2n) is 5.51. The summed E-state index contributed by atoms with van der Waals surface area (Å²) in [6.45, 7) is -0.0293. The lowest BCUT2D eigenvalue weighted by molar-refractivity contribution is -0.0183. The van der Waals surface area contributed by atoms with Gasteiger partial charge in [-0.1, -0.05) is 12.1 Å². The maximum Gasteiger partial charge on any atom is 0.339 e. The van der Waals surface area contributed by atoms with Crippen molar-refractivity contribution in [1.29, 1.82) is 0 Å². The van der Waals surface area contributed by atoms with Crippen LogP contribution >= 0.6 is 0 Å². The maximum atomic E-state index is 13.7. The SMILES string of the molecule is CS(=O)(=O)c1ccccc1C(=O)OCc1cc(F)cc2c1OCOC2. The number of benzene rings is 2. The molecule has 0 bridgehead atoms. The lowest BCUT2D eigenvalue weighted by atomic mass is 10.1.